The van der Waals surface area contributed by atoms with Crippen LogP contribution in [0.15, 0.2) is 57.3 Å². The van der Waals surface area contributed by atoms with Crippen LogP contribution in [-0.2, 0) is 10.5 Å². The molecule has 0 fully saturated rings. The number of allylic oxidation sites excluding steroid dienone is 2. The lowest BCUT2D eigenvalue weighted by molar-refractivity contribution is -0.118. The summed E-state index contributed by atoms with van der Waals surface area (Å²) in [6.07, 6.45) is 1.16. The Balaban J connectivity index is 1.59. The van der Waals surface area contributed by atoms with Gasteiger partial charge in [-0.05, 0) is 57.1 Å². The normalized spacial score (nSPS) is 18.7. The second-order valence-corrected chi connectivity index (χ2v) is 11.7. The molecule has 1 aromatic heterocycles. The standard InChI is InChI=1S/C25H24BrClN4O3S/c1-25(2)10-17-20(18(32)11-25)21(14-8-15(26)22(33)19(9-14)34-3)31-23(28-17)29-24(30-31)35-12-13-6-4-5-7-16(13)27/h4-9,21,33H,10-12H2,1-3H3,(H,28,29,30). The molecule has 0 amide bonds. The van der Waals surface area contributed by atoms with Crippen LogP contribution in [0.3, 0.4) is 0 Å². The summed E-state index contributed by atoms with van der Waals surface area (Å²) in [6.45, 7) is 4.19. The molecule has 2 heterocycles. The number of halogens is 2. The highest BCUT2D eigenvalue weighted by atomic mass is 79.9. The van der Waals surface area contributed by atoms with Crippen LogP contribution in [0.25, 0.3) is 0 Å². The molecule has 35 heavy (non-hydrogen) atoms. The van der Waals surface area contributed by atoms with Gasteiger partial charge in [-0.2, -0.15) is 4.98 Å². The first-order chi connectivity index (χ1) is 16.7. The summed E-state index contributed by atoms with van der Waals surface area (Å²) in [7, 11) is 1.50. The molecule has 3 aromatic rings. The average Bonchev–Trinajstić information content (AvgIpc) is 3.20. The van der Waals surface area contributed by atoms with E-state index in [4.69, 9.17) is 26.4 Å². The Morgan fingerprint density at radius 2 is 2.09 bits per heavy atom. The van der Waals surface area contributed by atoms with Crippen LogP contribution >= 0.6 is 39.3 Å². The molecule has 1 aliphatic heterocycles. The number of phenolic OH excluding ortho intramolecular Hbond substituents is 1. The van der Waals surface area contributed by atoms with Crippen molar-refractivity contribution in [2.24, 2.45) is 5.41 Å². The van der Waals surface area contributed by atoms with Crippen LogP contribution in [-0.4, -0.2) is 32.8 Å². The number of carbonyl (C=O) groups excluding carboxylic acids is 1. The van der Waals surface area contributed by atoms with Crippen molar-refractivity contribution in [3.05, 3.63) is 68.3 Å². The Labute approximate surface area is 221 Å². The van der Waals surface area contributed by atoms with E-state index in [1.54, 1.807) is 16.8 Å². The van der Waals surface area contributed by atoms with Crippen LogP contribution in [0.2, 0.25) is 5.02 Å². The predicted molar refractivity (Wildman–Crippen MR) is 140 cm³/mol. The minimum Gasteiger partial charge on any atom is -0.503 e. The van der Waals surface area contributed by atoms with E-state index in [0.717, 1.165) is 23.2 Å². The number of thioether (sulfide) groups is 1. The van der Waals surface area contributed by atoms with Crippen LogP contribution < -0.4 is 10.1 Å². The quantitative estimate of drug-likeness (QED) is 0.342. The molecule has 0 saturated carbocycles. The fourth-order valence-corrected chi connectivity index (χ4v) is 6.20. The summed E-state index contributed by atoms with van der Waals surface area (Å²) in [5.74, 6) is 1.58. The van der Waals surface area contributed by atoms with Gasteiger partial charge in [-0.25, -0.2) is 4.68 Å². The number of hydrogen-bond acceptors (Lipinski definition) is 7. The Morgan fingerprint density at radius 1 is 1.31 bits per heavy atom. The first-order valence-electron chi connectivity index (χ1n) is 11.1. The van der Waals surface area contributed by atoms with Gasteiger partial charge in [0.05, 0.1) is 11.6 Å². The summed E-state index contributed by atoms with van der Waals surface area (Å²) >= 11 is 11.2. The number of aromatic hydroxyl groups is 1. The molecule has 10 heteroatoms. The lowest BCUT2D eigenvalue weighted by atomic mass is 9.73. The zero-order valence-electron chi connectivity index (χ0n) is 19.4. The summed E-state index contributed by atoms with van der Waals surface area (Å²) in [4.78, 5) is 18.2. The van der Waals surface area contributed by atoms with Crippen molar-refractivity contribution < 1.29 is 14.6 Å². The molecule has 1 aliphatic carbocycles. The molecule has 0 bridgehead atoms. The largest absolute Gasteiger partial charge is 0.503 e. The van der Waals surface area contributed by atoms with Gasteiger partial charge in [-0.3, -0.25) is 4.79 Å². The molecule has 1 unspecified atom stereocenters. The molecule has 7 nitrogen and oxygen atoms in total. The highest BCUT2D eigenvalue weighted by Gasteiger charge is 2.42. The number of fused-ring (bicyclic) bond motifs is 1. The van der Waals surface area contributed by atoms with Crippen molar-refractivity contribution in [3.63, 3.8) is 0 Å². The number of Topliss-reactive ketones (excluding diaryl/α,β-unsaturated/α-hetero) is 1. The number of carbonyl (C=O) groups is 1. The maximum absolute atomic E-state index is 13.4. The van der Waals surface area contributed by atoms with E-state index in [1.165, 1.54) is 18.9 Å². The summed E-state index contributed by atoms with van der Waals surface area (Å²) in [6, 6.07) is 10.7. The number of nitrogens with zero attached hydrogens (tertiary/aromatic N) is 3. The lowest BCUT2D eigenvalue weighted by Gasteiger charge is -2.38. The predicted octanol–water partition coefficient (Wildman–Crippen LogP) is 6.36. The molecule has 0 spiro atoms. The number of ketones is 1. The second-order valence-electron chi connectivity index (χ2n) is 9.46. The number of rotatable bonds is 5. The van der Waals surface area contributed by atoms with Crippen molar-refractivity contribution in [3.8, 4) is 11.5 Å². The van der Waals surface area contributed by atoms with Gasteiger partial charge in [0.15, 0.2) is 17.3 Å². The van der Waals surface area contributed by atoms with Crippen molar-refractivity contribution in [2.75, 3.05) is 12.4 Å². The van der Waals surface area contributed by atoms with Gasteiger partial charge < -0.3 is 15.2 Å². The minimum absolute atomic E-state index is 0.00490. The molecular weight excluding hydrogens is 552 g/mol. The molecule has 0 radical (unpaired) electrons. The van der Waals surface area contributed by atoms with Gasteiger partial charge in [0.1, 0.15) is 6.04 Å². The van der Waals surface area contributed by atoms with Crippen molar-refractivity contribution >= 4 is 51.0 Å². The highest BCUT2D eigenvalue weighted by molar-refractivity contribution is 9.10. The molecular formula is C25H24BrClN4O3S. The smallest absolute Gasteiger partial charge is 0.227 e. The number of aromatic nitrogens is 3. The van der Waals surface area contributed by atoms with Crippen molar-refractivity contribution in [2.45, 2.75) is 43.6 Å². The van der Waals surface area contributed by atoms with Gasteiger partial charge in [-0.1, -0.05) is 55.4 Å². The van der Waals surface area contributed by atoms with Crippen LogP contribution in [0.4, 0.5) is 5.95 Å². The summed E-state index contributed by atoms with van der Waals surface area (Å²) in [5, 5.41) is 19.8. The van der Waals surface area contributed by atoms with E-state index in [-0.39, 0.29) is 16.9 Å². The number of ether oxygens (including phenoxy) is 1. The molecule has 5 rings (SSSR count). The van der Waals surface area contributed by atoms with Crippen molar-refractivity contribution in [1.29, 1.82) is 0 Å². The lowest BCUT2D eigenvalue weighted by Crippen LogP contribution is -2.36. The van der Waals surface area contributed by atoms with Gasteiger partial charge >= 0.3 is 0 Å². The van der Waals surface area contributed by atoms with Crippen LogP contribution in [0, 0.1) is 5.41 Å². The Kier molecular flexibility index (Phi) is 6.35. The minimum atomic E-state index is -0.502. The first-order valence-corrected chi connectivity index (χ1v) is 13.2. The zero-order chi connectivity index (χ0) is 24.9. The van der Waals surface area contributed by atoms with Crippen molar-refractivity contribution in [1.82, 2.24) is 14.8 Å². The van der Waals surface area contributed by atoms with Gasteiger partial charge in [0.2, 0.25) is 11.1 Å². The Hall–Kier alpha value is -2.49. The Bertz CT molecular complexity index is 1370. The number of benzene rings is 2. The van der Waals surface area contributed by atoms with Gasteiger partial charge in [0, 0.05) is 28.5 Å². The average molecular weight is 576 g/mol. The molecule has 0 saturated heterocycles. The number of anilines is 1. The van der Waals surface area contributed by atoms with Gasteiger partial charge in [-0.15, -0.1) is 5.10 Å². The maximum Gasteiger partial charge on any atom is 0.227 e. The van der Waals surface area contributed by atoms with E-state index in [0.29, 0.717) is 44.1 Å². The third-order valence-corrected chi connectivity index (χ3v) is 8.07. The molecule has 2 aromatic carbocycles. The summed E-state index contributed by atoms with van der Waals surface area (Å²) < 4.78 is 7.62. The number of methoxy groups -OCH3 is 1. The molecule has 2 aliphatic rings. The number of hydrogen-bond donors (Lipinski definition) is 2. The maximum atomic E-state index is 13.4. The topological polar surface area (TPSA) is 89.3 Å². The molecule has 2 N–H and O–H groups in total. The summed E-state index contributed by atoms with van der Waals surface area (Å²) in [5.41, 5.74) is 3.14. The SMILES string of the molecule is COc1cc(C2C3=C(CC(C)(C)CC3=O)Nc3nc(SCc4ccccc4Cl)nn32)cc(Br)c1O. The monoisotopic (exact) mass is 574 g/mol. The second kappa shape index (κ2) is 9.19. The van der Waals surface area contributed by atoms with E-state index in [9.17, 15) is 9.90 Å². The third-order valence-electron chi connectivity index (χ3n) is 6.21. The van der Waals surface area contributed by atoms with Crippen LogP contribution in [0.1, 0.15) is 43.9 Å². The van der Waals surface area contributed by atoms with E-state index >= 15 is 0 Å². The number of nitrogens with one attached hydrogen (secondary N) is 1. The molecule has 182 valence electrons. The number of phenols is 1. The zero-order valence-corrected chi connectivity index (χ0v) is 22.6. The Morgan fingerprint density at radius 3 is 2.83 bits per heavy atom. The van der Waals surface area contributed by atoms with E-state index in [1.807, 2.05) is 24.3 Å². The van der Waals surface area contributed by atoms with E-state index < -0.39 is 6.04 Å². The van der Waals surface area contributed by atoms with Gasteiger partial charge in [0.25, 0.3) is 0 Å². The van der Waals surface area contributed by atoms with E-state index in [2.05, 4.69) is 35.1 Å². The fraction of sp³-hybridized carbons (Fsp3) is 0.320. The highest BCUT2D eigenvalue weighted by Crippen LogP contribution is 2.47. The molecule has 1 atom stereocenters. The van der Waals surface area contributed by atoms with Crippen LogP contribution in [0.5, 0.6) is 11.5 Å². The first kappa shape index (κ1) is 24.2. The third kappa shape index (κ3) is 4.57. The fourth-order valence-electron chi connectivity index (χ4n) is 4.62.